The molecule has 0 saturated carbocycles. The summed E-state index contributed by atoms with van der Waals surface area (Å²) >= 11 is 0. The fourth-order valence-electron chi connectivity index (χ4n) is 3.25. The number of nitrogens with zero attached hydrogens (tertiary/aromatic N) is 1. The van der Waals surface area contributed by atoms with E-state index in [2.05, 4.69) is 29.2 Å². The number of carbonyl (C=O) groups excluding carboxylic acids is 1. The molecule has 22 heavy (non-hydrogen) atoms. The molecule has 1 aromatic carbocycles. The van der Waals surface area contributed by atoms with E-state index in [1.807, 2.05) is 6.07 Å². The van der Waals surface area contributed by atoms with Gasteiger partial charge in [0.25, 0.3) is 0 Å². The van der Waals surface area contributed by atoms with Gasteiger partial charge in [-0.3, -0.25) is 9.69 Å². The fourth-order valence-corrected chi connectivity index (χ4v) is 3.25. The second-order valence-corrected chi connectivity index (χ2v) is 6.06. The summed E-state index contributed by atoms with van der Waals surface area (Å²) < 4.78 is 5.25. The number of furan rings is 1. The van der Waals surface area contributed by atoms with Gasteiger partial charge in [-0.1, -0.05) is 43.2 Å². The van der Waals surface area contributed by atoms with Crippen molar-refractivity contribution in [3.05, 3.63) is 60.1 Å². The minimum atomic E-state index is 0.120. The van der Waals surface area contributed by atoms with E-state index in [1.165, 1.54) is 24.8 Å². The molecule has 3 nitrogen and oxygen atoms in total. The Morgan fingerprint density at radius 2 is 1.95 bits per heavy atom. The number of hydrogen-bond donors (Lipinski definition) is 0. The van der Waals surface area contributed by atoms with Crippen LogP contribution in [0, 0.1) is 0 Å². The molecule has 116 valence electrons. The molecule has 0 bridgehead atoms. The summed E-state index contributed by atoms with van der Waals surface area (Å²) in [6.07, 6.45) is 6.91. The highest BCUT2D eigenvalue weighted by atomic mass is 16.3. The minimum absolute atomic E-state index is 0.120. The van der Waals surface area contributed by atoms with Gasteiger partial charge < -0.3 is 4.42 Å². The number of Topliss-reactive ketones (excluding diaryl/α,β-unsaturated/α-hetero) is 1. The Kier molecular flexibility index (Phi) is 5.07. The average Bonchev–Trinajstić information content (AvgIpc) is 3.00. The Labute approximate surface area is 131 Å². The van der Waals surface area contributed by atoms with Crippen LogP contribution in [0.25, 0.3) is 0 Å². The van der Waals surface area contributed by atoms with Gasteiger partial charge in [-0.15, -0.1) is 0 Å². The molecular weight excluding hydrogens is 274 g/mol. The molecule has 0 unspecified atom stereocenters. The summed E-state index contributed by atoms with van der Waals surface area (Å²) in [4.78, 5) is 14.8. The molecule has 0 spiro atoms. The summed E-state index contributed by atoms with van der Waals surface area (Å²) in [6.45, 7) is 2.00. The highest BCUT2D eigenvalue weighted by Crippen LogP contribution is 2.23. The summed E-state index contributed by atoms with van der Waals surface area (Å²) in [7, 11) is 0. The van der Waals surface area contributed by atoms with E-state index < -0.39 is 0 Å². The Hall–Kier alpha value is -1.87. The lowest BCUT2D eigenvalue weighted by atomic mass is 10.0. The molecule has 2 heterocycles. The molecule has 0 amide bonds. The molecule has 1 aromatic heterocycles. The Morgan fingerprint density at radius 3 is 2.73 bits per heavy atom. The van der Waals surface area contributed by atoms with E-state index in [4.69, 9.17) is 4.42 Å². The third-order valence-corrected chi connectivity index (χ3v) is 4.44. The van der Waals surface area contributed by atoms with E-state index in [-0.39, 0.29) is 5.78 Å². The largest absolute Gasteiger partial charge is 0.461 e. The molecule has 1 atom stereocenters. The average molecular weight is 297 g/mol. The van der Waals surface area contributed by atoms with Crippen LogP contribution >= 0.6 is 0 Å². The SMILES string of the molecule is O=C(C[C@@H]1CCCCCN1Cc1ccccc1)c1ccco1. The highest BCUT2D eigenvalue weighted by molar-refractivity contribution is 5.93. The quantitative estimate of drug-likeness (QED) is 0.772. The van der Waals surface area contributed by atoms with E-state index in [0.29, 0.717) is 18.2 Å². The lowest BCUT2D eigenvalue weighted by Gasteiger charge is -2.29. The van der Waals surface area contributed by atoms with E-state index in [1.54, 1.807) is 18.4 Å². The maximum absolute atomic E-state index is 12.4. The Balaban J connectivity index is 1.69. The molecule has 3 heteroatoms. The van der Waals surface area contributed by atoms with Crippen molar-refractivity contribution in [3.8, 4) is 0 Å². The van der Waals surface area contributed by atoms with Crippen LogP contribution in [-0.4, -0.2) is 23.3 Å². The predicted molar refractivity (Wildman–Crippen MR) is 86.8 cm³/mol. The molecule has 0 aliphatic carbocycles. The van der Waals surface area contributed by atoms with Crippen molar-refractivity contribution in [2.24, 2.45) is 0 Å². The number of ketones is 1. The van der Waals surface area contributed by atoms with Crippen LogP contribution in [0.2, 0.25) is 0 Å². The van der Waals surface area contributed by atoms with Crippen molar-refractivity contribution in [1.82, 2.24) is 4.90 Å². The fraction of sp³-hybridized carbons (Fsp3) is 0.421. The molecule has 3 rings (SSSR count). The lowest BCUT2D eigenvalue weighted by molar-refractivity contribution is 0.0884. The monoisotopic (exact) mass is 297 g/mol. The zero-order valence-corrected chi connectivity index (χ0v) is 12.9. The van der Waals surface area contributed by atoms with Gasteiger partial charge in [0.15, 0.2) is 11.5 Å². The number of hydrogen-bond acceptors (Lipinski definition) is 3. The van der Waals surface area contributed by atoms with E-state index >= 15 is 0 Å². The maximum atomic E-state index is 12.4. The van der Waals surface area contributed by atoms with Crippen molar-refractivity contribution in [1.29, 1.82) is 0 Å². The number of rotatable bonds is 5. The first-order valence-electron chi connectivity index (χ1n) is 8.17. The van der Waals surface area contributed by atoms with Gasteiger partial charge in [-0.2, -0.15) is 0 Å². The zero-order chi connectivity index (χ0) is 15.2. The molecule has 1 aliphatic heterocycles. The highest BCUT2D eigenvalue weighted by Gasteiger charge is 2.24. The summed E-state index contributed by atoms with van der Waals surface area (Å²) in [6, 6.07) is 14.4. The van der Waals surface area contributed by atoms with Gasteiger partial charge in [0.05, 0.1) is 6.26 Å². The first kappa shape index (κ1) is 15.0. The minimum Gasteiger partial charge on any atom is -0.461 e. The van der Waals surface area contributed by atoms with Crippen LogP contribution in [0.4, 0.5) is 0 Å². The van der Waals surface area contributed by atoms with Crippen molar-refractivity contribution in [2.75, 3.05) is 6.54 Å². The van der Waals surface area contributed by atoms with Gasteiger partial charge in [0, 0.05) is 19.0 Å². The van der Waals surface area contributed by atoms with Gasteiger partial charge in [0.2, 0.25) is 0 Å². The normalized spacial score (nSPS) is 19.7. The van der Waals surface area contributed by atoms with Gasteiger partial charge in [-0.25, -0.2) is 0 Å². The summed E-state index contributed by atoms with van der Waals surface area (Å²) in [5.41, 5.74) is 1.32. The second kappa shape index (κ2) is 7.41. The van der Waals surface area contributed by atoms with Crippen LogP contribution in [0.5, 0.6) is 0 Å². The third-order valence-electron chi connectivity index (χ3n) is 4.44. The predicted octanol–water partition coefficient (Wildman–Crippen LogP) is 4.30. The number of likely N-dealkylation sites (tertiary alicyclic amines) is 1. The molecule has 0 N–H and O–H groups in total. The van der Waals surface area contributed by atoms with Crippen molar-refractivity contribution < 1.29 is 9.21 Å². The Bertz CT molecular complexity index is 577. The first-order valence-corrected chi connectivity index (χ1v) is 8.17. The van der Waals surface area contributed by atoms with Crippen LogP contribution < -0.4 is 0 Å². The van der Waals surface area contributed by atoms with Crippen molar-refractivity contribution in [3.63, 3.8) is 0 Å². The van der Waals surface area contributed by atoms with Crippen LogP contribution in [0.1, 0.15) is 48.2 Å². The van der Waals surface area contributed by atoms with Crippen molar-refractivity contribution >= 4 is 5.78 Å². The van der Waals surface area contributed by atoms with Crippen LogP contribution in [0.3, 0.4) is 0 Å². The van der Waals surface area contributed by atoms with E-state index in [9.17, 15) is 4.79 Å². The standard InChI is InChI=1S/C19H23NO2/c21-18(19-11-7-13-22-19)14-17-10-5-2-6-12-20(17)15-16-8-3-1-4-9-16/h1,3-4,7-9,11,13,17H,2,5-6,10,12,14-15H2/t17-/m0/s1. The lowest BCUT2D eigenvalue weighted by Crippen LogP contribution is -2.36. The number of carbonyl (C=O) groups is 1. The maximum Gasteiger partial charge on any atom is 0.199 e. The molecule has 0 radical (unpaired) electrons. The van der Waals surface area contributed by atoms with Crippen molar-refractivity contribution in [2.45, 2.75) is 44.7 Å². The van der Waals surface area contributed by atoms with Gasteiger partial charge >= 0.3 is 0 Å². The third kappa shape index (κ3) is 3.86. The zero-order valence-electron chi connectivity index (χ0n) is 12.9. The molecule has 1 aliphatic rings. The summed E-state index contributed by atoms with van der Waals surface area (Å²) in [5.74, 6) is 0.610. The molecular formula is C19H23NO2. The molecule has 1 saturated heterocycles. The molecule has 2 aromatic rings. The van der Waals surface area contributed by atoms with Gasteiger partial charge in [0.1, 0.15) is 0 Å². The Morgan fingerprint density at radius 1 is 1.09 bits per heavy atom. The topological polar surface area (TPSA) is 33.5 Å². The van der Waals surface area contributed by atoms with Gasteiger partial charge in [-0.05, 0) is 37.1 Å². The first-order chi connectivity index (χ1) is 10.8. The summed E-state index contributed by atoms with van der Waals surface area (Å²) in [5, 5.41) is 0. The van der Waals surface area contributed by atoms with E-state index in [0.717, 1.165) is 19.5 Å². The number of benzene rings is 1. The van der Waals surface area contributed by atoms with Crippen LogP contribution in [-0.2, 0) is 6.54 Å². The van der Waals surface area contributed by atoms with Crippen LogP contribution in [0.15, 0.2) is 53.1 Å². The smallest absolute Gasteiger partial charge is 0.199 e. The second-order valence-electron chi connectivity index (χ2n) is 6.06. The molecule has 1 fully saturated rings.